The molecule has 0 saturated heterocycles. The van der Waals surface area contributed by atoms with Crippen LogP contribution in [0.4, 0.5) is 23.1 Å². The van der Waals surface area contributed by atoms with Crippen LogP contribution in [0.5, 0.6) is 0 Å². The highest BCUT2D eigenvalue weighted by Gasteiger charge is 2.12. The Kier molecular flexibility index (Phi) is 6.13. The molecule has 0 amide bonds. The Morgan fingerprint density at radius 2 is 1.81 bits per heavy atom. The molecule has 6 nitrogen and oxygen atoms in total. The normalized spacial score (nSPS) is 10.3. The highest BCUT2D eigenvalue weighted by molar-refractivity contribution is 14.1. The molecule has 0 unspecified atom stereocenters. The van der Waals surface area contributed by atoms with Gasteiger partial charge in [0, 0.05) is 13.7 Å². The van der Waals surface area contributed by atoms with Gasteiger partial charge in [-0.1, -0.05) is 23.2 Å². The minimum absolute atomic E-state index is 0.118. The maximum absolute atomic E-state index is 8.86. The molecule has 3 rings (SSSR count). The fraction of sp³-hybridized carbons (Fsp3) is 0. The Morgan fingerprint density at radius 3 is 2.46 bits per heavy atom. The molecule has 26 heavy (non-hydrogen) atoms. The second-order valence-electron chi connectivity index (χ2n) is 4.96. The van der Waals surface area contributed by atoms with E-state index >= 15 is 0 Å². The zero-order chi connectivity index (χ0) is 18.7. The lowest BCUT2D eigenvalue weighted by Gasteiger charge is -2.11. The summed E-state index contributed by atoms with van der Waals surface area (Å²) in [5, 5.41) is 23.4. The fourth-order valence-corrected chi connectivity index (χ4v) is 4.29. The Morgan fingerprint density at radius 1 is 1.08 bits per heavy atom. The van der Waals surface area contributed by atoms with Crippen molar-refractivity contribution in [2.75, 3.05) is 10.6 Å². The largest absolute Gasteiger partial charge is 0.337 e. The van der Waals surface area contributed by atoms with E-state index < -0.39 is 0 Å². The summed E-state index contributed by atoms with van der Waals surface area (Å²) >= 11 is 18.0. The summed E-state index contributed by atoms with van der Waals surface area (Å²) in [6.07, 6.45) is 0. The van der Waals surface area contributed by atoms with E-state index in [-0.39, 0.29) is 11.1 Å². The molecule has 0 radical (unpaired) electrons. The number of benzene rings is 2. The number of hydrogen-bond acceptors (Lipinski definition) is 6. The van der Waals surface area contributed by atoms with Crippen LogP contribution in [0.15, 0.2) is 40.9 Å². The highest BCUT2D eigenvalue weighted by atomic mass is 127. The molecule has 0 aliphatic heterocycles. The molecule has 0 aliphatic rings. The summed E-state index contributed by atoms with van der Waals surface area (Å²) in [6, 6.07) is 12.7. The van der Waals surface area contributed by atoms with E-state index in [4.69, 9.17) is 28.5 Å². The lowest BCUT2D eigenvalue weighted by atomic mass is 10.2. The van der Waals surface area contributed by atoms with Crippen molar-refractivity contribution >= 4 is 84.9 Å². The molecule has 0 bridgehead atoms. The molecule has 2 N–H and O–H groups in total. The third-order valence-corrected chi connectivity index (χ3v) is 4.97. The van der Waals surface area contributed by atoms with Crippen molar-refractivity contribution in [3.05, 3.63) is 60.2 Å². The number of halogens is 4. The van der Waals surface area contributed by atoms with Crippen LogP contribution in [-0.4, -0.2) is 15.2 Å². The standard InChI is InChI=1S/C16H8BrCl2IN6/c17-11-5-9(20)6-12(18)13(11)23-16-24-15(14(19)25-26-16)22-10-3-1-8(7-21)2-4-10/h1-6H,(H2,22,23,24,26). The average Bonchev–Trinajstić information content (AvgIpc) is 2.61. The smallest absolute Gasteiger partial charge is 0.249 e. The van der Waals surface area contributed by atoms with Gasteiger partial charge in [-0.3, -0.25) is 0 Å². The molecule has 0 spiro atoms. The van der Waals surface area contributed by atoms with Crippen molar-refractivity contribution in [2.45, 2.75) is 0 Å². The monoisotopic (exact) mass is 560 g/mol. The van der Waals surface area contributed by atoms with E-state index in [0.717, 1.165) is 8.04 Å². The van der Waals surface area contributed by atoms with Crippen LogP contribution in [-0.2, 0) is 0 Å². The summed E-state index contributed by atoms with van der Waals surface area (Å²) in [5.74, 6) is 0.556. The van der Waals surface area contributed by atoms with Gasteiger partial charge in [0.1, 0.15) is 0 Å². The number of anilines is 4. The first-order chi connectivity index (χ1) is 12.5. The van der Waals surface area contributed by atoms with Gasteiger partial charge >= 0.3 is 0 Å². The minimum atomic E-state index is 0.118. The lowest BCUT2D eigenvalue weighted by Crippen LogP contribution is -2.04. The Hall–Kier alpha value is -1.67. The maximum Gasteiger partial charge on any atom is 0.249 e. The van der Waals surface area contributed by atoms with Crippen molar-refractivity contribution in [3.63, 3.8) is 0 Å². The van der Waals surface area contributed by atoms with Crippen LogP contribution >= 0.6 is 61.7 Å². The van der Waals surface area contributed by atoms with Gasteiger partial charge in [0.2, 0.25) is 5.95 Å². The van der Waals surface area contributed by atoms with Crippen LogP contribution in [0, 0.1) is 14.9 Å². The SMILES string of the molecule is N#Cc1ccc(Nc2nc(Nc3c(Cl)cc(I)cc3Br)nnc2Cl)cc1. The molecular formula is C16H8BrCl2IN6. The Bertz CT molecular complexity index is 984. The number of nitriles is 1. The molecular weight excluding hydrogens is 554 g/mol. The van der Waals surface area contributed by atoms with Gasteiger partial charge in [-0.05, 0) is 74.9 Å². The summed E-state index contributed by atoms with van der Waals surface area (Å²) in [7, 11) is 0. The molecule has 0 saturated carbocycles. The fourth-order valence-electron chi connectivity index (χ4n) is 1.98. The topological polar surface area (TPSA) is 86.5 Å². The summed E-state index contributed by atoms with van der Waals surface area (Å²) in [4.78, 5) is 4.34. The molecule has 0 aliphatic carbocycles. The first-order valence-electron chi connectivity index (χ1n) is 7.05. The van der Waals surface area contributed by atoms with E-state index in [1.165, 1.54) is 0 Å². The Labute approximate surface area is 181 Å². The molecule has 1 aromatic heterocycles. The van der Waals surface area contributed by atoms with Gasteiger partial charge < -0.3 is 10.6 Å². The van der Waals surface area contributed by atoms with Crippen molar-refractivity contribution in [1.29, 1.82) is 5.26 Å². The average molecular weight is 562 g/mol. The van der Waals surface area contributed by atoms with Crippen LogP contribution < -0.4 is 10.6 Å². The quantitative estimate of drug-likeness (QED) is 0.386. The van der Waals surface area contributed by atoms with Crippen molar-refractivity contribution in [3.8, 4) is 6.07 Å². The van der Waals surface area contributed by atoms with Gasteiger partial charge in [-0.15, -0.1) is 10.2 Å². The number of hydrogen-bond donors (Lipinski definition) is 2. The summed E-state index contributed by atoms with van der Waals surface area (Å²) in [6.45, 7) is 0. The minimum Gasteiger partial charge on any atom is -0.337 e. The first-order valence-corrected chi connectivity index (χ1v) is 9.68. The molecule has 2 aromatic carbocycles. The number of nitrogens with zero attached hydrogens (tertiary/aromatic N) is 4. The van der Waals surface area contributed by atoms with E-state index in [1.807, 2.05) is 12.1 Å². The van der Waals surface area contributed by atoms with Gasteiger partial charge in [0.25, 0.3) is 0 Å². The molecule has 3 aromatic rings. The van der Waals surface area contributed by atoms with Crippen LogP contribution in [0.1, 0.15) is 5.56 Å². The molecule has 0 atom stereocenters. The zero-order valence-corrected chi connectivity index (χ0v) is 18.0. The summed E-state index contributed by atoms with van der Waals surface area (Å²) in [5.41, 5.74) is 1.90. The van der Waals surface area contributed by atoms with E-state index in [9.17, 15) is 0 Å². The third kappa shape index (κ3) is 4.54. The van der Waals surface area contributed by atoms with Crippen LogP contribution in [0.2, 0.25) is 10.2 Å². The second kappa shape index (κ2) is 8.35. The van der Waals surface area contributed by atoms with E-state index in [1.54, 1.807) is 24.3 Å². The van der Waals surface area contributed by atoms with Crippen molar-refractivity contribution < 1.29 is 0 Å². The van der Waals surface area contributed by atoms with Crippen LogP contribution in [0.25, 0.3) is 0 Å². The zero-order valence-electron chi connectivity index (χ0n) is 12.8. The number of rotatable bonds is 4. The van der Waals surface area contributed by atoms with E-state index in [2.05, 4.69) is 70.4 Å². The number of aromatic nitrogens is 3. The van der Waals surface area contributed by atoms with Crippen molar-refractivity contribution in [2.24, 2.45) is 0 Å². The molecule has 130 valence electrons. The molecule has 10 heteroatoms. The first kappa shape index (κ1) is 19.1. The second-order valence-corrected chi connectivity index (χ2v) is 7.82. The molecule has 0 fully saturated rings. The predicted octanol–water partition coefficient (Wildman–Crippen LogP) is 5.90. The van der Waals surface area contributed by atoms with Crippen LogP contribution in [0.3, 0.4) is 0 Å². The predicted molar refractivity (Wildman–Crippen MR) is 114 cm³/mol. The van der Waals surface area contributed by atoms with E-state index in [0.29, 0.717) is 27.8 Å². The van der Waals surface area contributed by atoms with Gasteiger partial charge in [0.05, 0.1) is 22.3 Å². The van der Waals surface area contributed by atoms with Gasteiger partial charge in [0.15, 0.2) is 11.0 Å². The van der Waals surface area contributed by atoms with Crippen molar-refractivity contribution in [1.82, 2.24) is 15.2 Å². The lowest BCUT2D eigenvalue weighted by molar-refractivity contribution is 0.982. The summed E-state index contributed by atoms with van der Waals surface area (Å²) < 4.78 is 1.76. The Balaban J connectivity index is 1.87. The maximum atomic E-state index is 8.86. The highest BCUT2D eigenvalue weighted by Crippen LogP contribution is 2.34. The third-order valence-electron chi connectivity index (χ3n) is 3.17. The van der Waals surface area contributed by atoms with Gasteiger partial charge in [-0.2, -0.15) is 10.2 Å². The van der Waals surface area contributed by atoms with Gasteiger partial charge in [-0.25, -0.2) is 0 Å². The molecule has 1 heterocycles. The number of nitrogens with one attached hydrogen (secondary N) is 2.